The molecule has 3 aliphatic rings. The Balaban J connectivity index is 0.950. The zero-order chi connectivity index (χ0) is 55.0. The lowest BCUT2D eigenvalue weighted by Gasteiger charge is -2.40. The van der Waals surface area contributed by atoms with Gasteiger partial charge in [0, 0.05) is 69.1 Å². The van der Waals surface area contributed by atoms with Crippen LogP contribution in [0.2, 0.25) is 0 Å². The maximum absolute atomic E-state index is 16.5. The molecular weight excluding hydrogens is 1000 g/mol. The number of alkyl halides is 1. The monoisotopic (exact) mass is 1070 g/mol. The average Bonchev–Trinajstić information content (AvgIpc) is 3.74. The van der Waals surface area contributed by atoms with Crippen LogP contribution in [-0.2, 0) is 48.4 Å². The summed E-state index contributed by atoms with van der Waals surface area (Å²) in [5.41, 5.74) is 7.69. The summed E-state index contributed by atoms with van der Waals surface area (Å²) in [6.07, 6.45) is 4.02. The number of anilines is 1. The van der Waals surface area contributed by atoms with Gasteiger partial charge in [0.05, 0.1) is 48.8 Å². The average molecular weight is 1070 g/mol. The Hall–Kier alpha value is -7.54. The van der Waals surface area contributed by atoms with E-state index in [1.165, 1.54) is 36.6 Å². The molecule has 1 saturated heterocycles. The van der Waals surface area contributed by atoms with Gasteiger partial charge in [-0.25, -0.2) is 14.2 Å². The van der Waals surface area contributed by atoms with Gasteiger partial charge in [0.1, 0.15) is 43.8 Å². The molecule has 23 nitrogen and oxygen atoms in total. The Kier molecular flexibility index (Phi) is 20.4. The molecule has 1 unspecified atom stereocenters. The van der Waals surface area contributed by atoms with Crippen LogP contribution in [0.3, 0.4) is 0 Å². The number of nitrogens with zero attached hydrogens (tertiary/aromatic N) is 6. The molecule has 0 spiro atoms. The first-order chi connectivity index (χ1) is 37.1. The van der Waals surface area contributed by atoms with E-state index in [0.717, 1.165) is 4.90 Å². The summed E-state index contributed by atoms with van der Waals surface area (Å²) in [5, 5.41) is 20.5. The lowest BCUT2D eigenvalue weighted by atomic mass is 10.0. The first kappa shape index (κ1) is 57.2. The number of carbonyl (C=O) groups is 6. The van der Waals surface area contributed by atoms with Crippen molar-refractivity contribution in [3.05, 3.63) is 94.7 Å². The number of carbonyl (C=O) groups excluding carboxylic acids is 6. The molecule has 5 heterocycles. The number of aliphatic hydroxyl groups excluding tert-OH is 1. The van der Waals surface area contributed by atoms with Gasteiger partial charge in [0.2, 0.25) is 17.7 Å². The van der Waals surface area contributed by atoms with Crippen LogP contribution in [0.4, 0.5) is 14.9 Å². The highest BCUT2D eigenvalue weighted by Crippen LogP contribution is 2.31. The molecule has 2 aromatic carbocycles. The van der Waals surface area contributed by atoms with Crippen LogP contribution in [0.15, 0.2) is 77.9 Å². The maximum atomic E-state index is 16.5. The van der Waals surface area contributed by atoms with Gasteiger partial charge in [-0.1, -0.05) is 32.4 Å². The van der Waals surface area contributed by atoms with Crippen molar-refractivity contribution in [2.75, 3.05) is 58.4 Å². The quantitative estimate of drug-likeness (QED) is 0.0299. The van der Waals surface area contributed by atoms with E-state index < -0.39 is 48.6 Å². The minimum absolute atomic E-state index is 0.0134. The molecule has 5 atom stereocenters. The van der Waals surface area contributed by atoms with E-state index in [2.05, 4.69) is 31.2 Å². The summed E-state index contributed by atoms with van der Waals surface area (Å²) in [4.78, 5) is 104. The predicted octanol–water partition coefficient (Wildman–Crippen LogP) is 2.48. The fourth-order valence-electron chi connectivity index (χ4n) is 9.21. The number of unbranched alkanes of at least 4 members (excludes halogenated alkanes) is 2. The van der Waals surface area contributed by atoms with Gasteiger partial charge in [-0.05, 0) is 74.4 Å². The number of amides is 6. The van der Waals surface area contributed by atoms with Gasteiger partial charge >= 0.3 is 6.09 Å². The number of imide groups is 1. The number of fused-ring (bicyclic) bond motifs is 2. The first-order valence-corrected chi connectivity index (χ1v) is 25.8. The predicted molar refractivity (Wildman–Crippen MR) is 279 cm³/mol. The highest BCUT2D eigenvalue weighted by Gasteiger charge is 2.37. The number of ether oxygens (including phenoxy) is 4. The molecular formula is C53H68FN11O12. The van der Waals surface area contributed by atoms with Gasteiger partial charge in [-0.3, -0.25) is 59.5 Å². The smallest absolute Gasteiger partial charge is 0.410 e. The third kappa shape index (κ3) is 16.0. The number of hydrogen-bond acceptors (Lipinski definition) is 17. The topological polar surface area (TPSA) is 291 Å². The number of pyridine rings is 1. The van der Waals surface area contributed by atoms with E-state index in [1.807, 2.05) is 4.90 Å². The van der Waals surface area contributed by atoms with Crippen LogP contribution >= 0.6 is 0 Å². The zero-order valence-electron chi connectivity index (χ0n) is 43.5. The maximum Gasteiger partial charge on any atom is 0.410 e. The number of likely N-dealkylation sites (tertiary alicyclic amines) is 1. The summed E-state index contributed by atoms with van der Waals surface area (Å²) in [5.74, 6) is -1.09. The number of methoxy groups -OCH3 is 1. The third-order valence-electron chi connectivity index (χ3n) is 13.4. The molecule has 4 aromatic rings. The van der Waals surface area contributed by atoms with Crippen molar-refractivity contribution in [3.8, 4) is 17.2 Å². The molecule has 2 aromatic heterocycles. The largest absolute Gasteiger partial charge is 0.497 e. The van der Waals surface area contributed by atoms with E-state index in [9.17, 15) is 38.7 Å². The molecule has 414 valence electrons. The molecule has 0 bridgehead atoms. The molecule has 3 aliphatic heterocycles. The minimum Gasteiger partial charge on any atom is -0.497 e. The van der Waals surface area contributed by atoms with Gasteiger partial charge in [-0.15, -0.1) is 0 Å². The third-order valence-corrected chi connectivity index (χ3v) is 13.4. The van der Waals surface area contributed by atoms with E-state index in [0.29, 0.717) is 97.2 Å². The Labute approximate surface area is 444 Å². The van der Waals surface area contributed by atoms with Crippen LogP contribution in [0.1, 0.15) is 70.1 Å². The van der Waals surface area contributed by atoms with E-state index in [4.69, 9.17) is 24.7 Å². The number of benzene rings is 2. The van der Waals surface area contributed by atoms with Crippen molar-refractivity contribution < 1.29 is 57.2 Å². The van der Waals surface area contributed by atoms with Crippen LogP contribution in [0.25, 0.3) is 11.0 Å². The van der Waals surface area contributed by atoms with Crippen molar-refractivity contribution in [3.63, 3.8) is 0 Å². The summed E-state index contributed by atoms with van der Waals surface area (Å²) >= 11 is 0. The number of rotatable bonds is 26. The number of halogens is 1. The molecule has 6 amide bonds. The number of aromatic nitrogens is 3. The standard InChI is InChI=1S/C53H68FN11O12/c1-33(2)49(61-45(66)9-5-4-6-20-64-46(67)16-17-47(64)68)51(71)60-40(8-7-19-56-52(55)72)50(70)59-35-12-10-34(11-13-35)32-77-53(73)65(30-36-26-43-44(28-57-36)76-25-24-75-43)41-18-21-62(31-38(41)54)22-23-63-42-27-37(74-3)14-15-39(42)58-29-48(63)69/h10-17,26-29,33,38,40-41,49,52,56,72H,4-9,18-25,30-32,55H2,1-3H3,(H,59,70)(H,60,71)(H,61,66)/t38-,40+,41-,49+,52?/m1/s1. The van der Waals surface area contributed by atoms with Crippen molar-refractivity contribution in [2.45, 2.75) is 109 Å². The number of aliphatic hydroxyl groups is 1. The number of nitrogens with two attached hydrogens (primary N) is 1. The number of nitrogens with one attached hydrogen (secondary N) is 4. The van der Waals surface area contributed by atoms with Crippen LogP contribution in [0.5, 0.6) is 17.2 Å². The number of piperidine rings is 1. The van der Waals surface area contributed by atoms with Gasteiger partial charge in [0.15, 0.2) is 17.9 Å². The Morgan fingerprint density at radius 1 is 0.896 bits per heavy atom. The molecule has 1 fully saturated rings. The highest BCUT2D eigenvalue weighted by molar-refractivity contribution is 6.12. The normalized spacial score (nSPS) is 17.5. The van der Waals surface area contributed by atoms with Crippen molar-refractivity contribution in [1.82, 2.24) is 45.2 Å². The fraction of sp³-hybridized carbons (Fsp3) is 0.491. The lowest BCUT2D eigenvalue weighted by Crippen LogP contribution is -2.54. The van der Waals surface area contributed by atoms with E-state index in [1.54, 1.807) is 66.9 Å². The number of hydrogen-bond donors (Lipinski definition) is 6. The first-order valence-electron chi connectivity index (χ1n) is 25.8. The lowest BCUT2D eigenvalue weighted by molar-refractivity contribution is -0.137. The van der Waals surface area contributed by atoms with Gasteiger partial charge in [0.25, 0.3) is 17.4 Å². The summed E-state index contributed by atoms with van der Waals surface area (Å²) in [6, 6.07) is 10.5. The Morgan fingerprint density at radius 3 is 2.36 bits per heavy atom. The van der Waals surface area contributed by atoms with Crippen LogP contribution in [-0.4, -0.2) is 154 Å². The minimum atomic E-state index is -1.50. The second-order valence-corrected chi connectivity index (χ2v) is 19.3. The fourth-order valence-corrected chi connectivity index (χ4v) is 9.21. The van der Waals surface area contributed by atoms with E-state index in [-0.39, 0.29) is 87.8 Å². The molecule has 0 radical (unpaired) electrons. The highest BCUT2D eigenvalue weighted by atomic mass is 19.1. The zero-order valence-corrected chi connectivity index (χ0v) is 43.5. The molecule has 24 heteroatoms. The molecule has 0 saturated carbocycles. The van der Waals surface area contributed by atoms with Crippen molar-refractivity contribution >= 4 is 52.3 Å². The summed E-state index contributed by atoms with van der Waals surface area (Å²) < 4.78 is 40.6. The Bertz CT molecular complexity index is 2800. The molecule has 7 N–H and O–H groups in total. The van der Waals surface area contributed by atoms with Gasteiger partial charge < -0.3 is 44.6 Å². The van der Waals surface area contributed by atoms with Crippen molar-refractivity contribution in [2.24, 2.45) is 11.7 Å². The second-order valence-electron chi connectivity index (χ2n) is 19.3. The van der Waals surface area contributed by atoms with Crippen LogP contribution < -0.4 is 46.8 Å². The SMILES string of the molecule is COc1ccc2ncc(=O)n(CCN3CC[C@@H](N(Cc4cc5c(cn4)OCCO5)C(=O)OCc4ccc(NC(=O)[C@H](CCCNC(N)O)NC(=O)[C@@H](NC(=O)CCCCCN5C(=O)C=CC5=O)C(C)C)cc4)[C@H](F)C3)c2c1. The van der Waals surface area contributed by atoms with Gasteiger partial charge in [-0.2, -0.15) is 0 Å². The van der Waals surface area contributed by atoms with Crippen molar-refractivity contribution in [1.29, 1.82) is 0 Å². The second kappa shape index (κ2) is 27.5. The van der Waals surface area contributed by atoms with Crippen LogP contribution in [0, 0.1) is 5.92 Å². The molecule has 0 aliphatic carbocycles. The molecule has 77 heavy (non-hydrogen) atoms. The molecule has 7 rings (SSSR count). The Morgan fingerprint density at radius 2 is 1.65 bits per heavy atom. The summed E-state index contributed by atoms with van der Waals surface area (Å²) in [7, 11) is 1.54. The van der Waals surface area contributed by atoms with E-state index >= 15 is 4.39 Å². The summed E-state index contributed by atoms with van der Waals surface area (Å²) in [6.45, 7) is 5.43.